The zero-order chi connectivity index (χ0) is 13.2. The molecule has 0 aliphatic heterocycles. The van der Waals surface area contributed by atoms with Gasteiger partial charge in [0.25, 0.3) is 0 Å². The van der Waals surface area contributed by atoms with E-state index in [1.807, 2.05) is 35.3 Å². The van der Waals surface area contributed by atoms with E-state index in [0.29, 0.717) is 0 Å². The number of hydrogen-bond acceptors (Lipinski definition) is 3. The first kappa shape index (κ1) is 11.7. The van der Waals surface area contributed by atoms with Crippen LogP contribution in [-0.2, 0) is 6.54 Å². The van der Waals surface area contributed by atoms with E-state index in [9.17, 15) is 0 Å². The Balaban J connectivity index is 1.97. The van der Waals surface area contributed by atoms with Gasteiger partial charge in [-0.3, -0.25) is 4.68 Å². The minimum absolute atomic E-state index is 0.867. The smallest absolute Gasteiger partial charge is 0.134 e. The SMILES string of the molecule is CCn1cc(Nc2nc3ccccc3cc2C)cn1. The number of rotatable bonds is 3. The number of aromatic nitrogens is 3. The van der Waals surface area contributed by atoms with Gasteiger partial charge in [-0.25, -0.2) is 4.98 Å². The van der Waals surface area contributed by atoms with E-state index in [1.54, 1.807) is 0 Å². The van der Waals surface area contributed by atoms with Crippen LogP contribution in [0.3, 0.4) is 0 Å². The molecule has 0 saturated heterocycles. The zero-order valence-electron chi connectivity index (χ0n) is 11.1. The van der Waals surface area contributed by atoms with E-state index >= 15 is 0 Å². The lowest BCUT2D eigenvalue weighted by atomic mass is 10.1. The molecule has 0 aliphatic rings. The molecule has 4 heteroatoms. The summed E-state index contributed by atoms with van der Waals surface area (Å²) in [7, 11) is 0. The van der Waals surface area contributed by atoms with Crippen molar-refractivity contribution in [1.82, 2.24) is 14.8 Å². The molecule has 0 unspecified atom stereocenters. The van der Waals surface area contributed by atoms with Gasteiger partial charge in [0.1, 0.15) is 5.82 Å². The van der Waals surface area contributed by atoms with Crippen molar-refractivity contribution in [3.05, 3.63) is 48.3 Å². The average Bonchev–Trinajstić information content (AvgIpc) is 2.87. The number of pyridine rings is 1. The van der Waals surface area contributed by atoms with Crippen molar-refractivity contribution in [2.24, 2.45) is 0 Å². The predicted molar refractivity (Wildman–Crippen MR) is 77.7 cm³/mol. The molecule has 96 valence electrons. The van der Waals surface area contributed by atoms with Crippen molar-refractivity contribution in [1.29, 1.82) is 0 Å². The summed E-state index contributed by atoms with van der Waals surface area (Å²) in [6, 6.07) is 10.3. The van der Waals surface area contributed by atoms with Crippen LogP contribution in [0.2, 0.25) is 0 Å². The van der Waals surface area contributed by atoms with Gasteiger partial charge in [-0.15, -0.1) is 0 Å². The second kappa shape index (κ2) is 4.72. The van der Waals surface area contributed by atoms with Crippen LogP contribution in [0.15, 0.2) is 42.7 Å². The summed E-state index contributed by atoms with van der Waals surface area (Å²) in [5.74, 6) is 0.884. The Morgan fingerprint density at radius 2 is 2.11 bits per heavy atom. The van der Waals surface area contributed by atoms with Gasteiger partial charge in [0, 0.05) is 18.1 Å². The van der Waals surface area contributed by atoms with Gasteiger partial charge in [-0.2, -0.15) is 5.10 Å². The standard InChI is InChI=1S/C15H16N4/c1-3-19-10-13(9-16-19)17-15-11(2)8-12-6-4-5-7-14(12)18-15/h4-10H,3H2,1-2H3,(H,17,18). The number of nitrogens with one attached hydrogen (secondary N) is 1. The third-order valence-electron chi connectivity index (χ3n) is 3.13. The molecular weight excluding hydrogens is 236 g/mol. The Kier molecular flexibility index (Phi) is 2.91. The lowest BCUT2D eigenvalue weighted by molar-refractivity contribution is 0.660. The fourth-order valence-electron chi connectivity index (χ4n) is 2.09. The van der Waals surface area contributed by atoms with Crippen molar-refractivity contribution in [2.45, 2.75) is 20.4 Å². The van der Waals surface area contributed by atoms with Crippen LogP contribution in [0, 0.1) is 6.92 Å². The molecule has 2 heterocycles. The summed E-state index contributed by atoms with van der Waals surface area (Å²) >= 11 is 0. The van der Waals surface area contributed by atoms with E-state index in [1.165, 1.54) is 0 Å². The normalized spacial score (nSPS) is 10.8. The Morgan fingerprint density at radius 3 is 2.89 bits per heavy atom. The Hall–Kier alpha value is -2.36. The minimum atomic E-state index is 0.867. The number of para-hydroxylation sites is 1. The maximum absolute atomic E-state index is 4.66. The fraction of sp³-hybridized carbons (Fsp3) is 0.200. The van der Waals surface area contributed by atoms with Gasteiger partial charge < -0.3 is 5.32 Å². The Morgan fingerprint density at radius 1 is 1.26 bits per heavy atom. The molecule has 0 fully saturated rings. The maximum atomic E-state index is 4.66. The molecule has 19 heavy (non-hydrogen) atoms. The third-order valence-corrected chi connectivity index (χ3v) is 3.13. The number of anilines is 2. The molecule has 3 aromatic rings. The molecule has 0 bridgehead atoms. The van der Waals surface area contributed by atoms with E-state index < -0.39 is 0 Å². The van der Waals surface area contributed by atoms with E-state index in [4.69, 9.17) is 0 Å². The molecule has 0 atom stereocenters. The highest BCUT2D eigenvalue weighted by Gasteiger charge is 2.05. The second-order valence-corrected chi connectivity index (χ2v) is 4.56. The van der Waals surface area contributed by atoms with Gasteiger partial charge in [-0.05, 0) is 31.5 Å². The highest BCUT2D eigenvalue weighted by Crippen LogP contribution is 2.22. The molecule has 4 nitrogen and oxygen atoms in total. The van der Waals surface area contributed by atoms with Crippen molar-refractivity contribution in [2.75, 3.05) is 5.32 Å². The Labute approximate surface area is 112 Å². The van der Waals surface area contributed by atoms with Crippen LogP contribution in [0.25, 0.3) is 10.9 Å². The Bertz CT molecular complexity index is 715. The molecule has 0 amide bonds. The van der Waals surface area contributed by atoms with Gasteiger partial charge in [0.2, 0.25) is 0 Å². The number of hydrogen-bond donors (Lipinski definition) is 1. The highest BCUT2D eigenvalue weighted by atomic mass is 15.3. The summed E-state index contributed by atoms with van der Waals surface area (Å²) in [4.78, 5) is 4.66. The molecule has 0 radical (unpaired) electrons. The summed E-state index contributed by atoms with van der Waals surface area (Å²) in [5.41, 5.74) is 3.09. The average molecular weight is 252 g/mol. The van der Waals surface area contributed by atoms with E-state index in [2.05, 4.69) is 41.4 Å². The first-order valence-electron chi connectivity index (χ1n) is 6.42. The van der Waals surface area contributed by atoms with Crippen LogP contribution in [0.5, 0.6) is 0 Å². The predicted octanol–water partition coefficient (Wildman–Crippen LogP) is 3.50. The van der Waals surface area contributed by atoms with Crippen molar-refractivity contribution in [3.63, 3.8) is 0 Å². The van der Waals surface area contributed by atoms with Gasteiger partial charge in [0.05, 0.1) is 17.4 Å². The lowest BCUT2D eigenvalue weighted by Gasteiger charge is -2.08. The van der Waals surface area contributed by atoms with Crippen LogP contribution in [-0.4, -0.2) is 14.8 Å². The number of aryl methyl sites for hydroxylation is 2. The highest BCUT2D eigenvalue weighted by molar-refractivity contribution is 5.82. The summed E-state index contributed by atoms with van der Waals surface area (Å²) in [6.07, 6.45) is 3.80. The largest absolute Gasteiger partial charge is 0.337 e. The number of fused-ring (bicyclic) bond motifs is 1. The van der Waals surface area contributed by atoms with Crippen molar-refractivity contribution < 1.29 is 0 Å². The van der Waals surface area contributed by atoms with Gasteiger partial charge >= 0.3 is 0 Å². The summed E-state index contributed by atoms with van der Waals surface area (Å²) < 4.78 is 1.89. The molecule has 3 rings (SSSR count). The van der Waals surface area contributed by atoms with Crippen molar-refractivity contribution >= 4 is 22.4 Å². The molecule has 0 spiro atoms. The zero-order valence-corrected chi connectivity index (χ0v) is 11.1. The molecule has 0 aliphatic carbocycles. The monoisotopic (exact) mass is 252 g/mol. The van der Waals surface area contributed by atoms with E-state index in [0.717, 1.165) is 34.5 Å². The van der Waals surface area contributed by atoms with E-state index in [-0.39, 0.29) is 0 Å². The molecule has 2 aromatic heterocycles. The number of benzene rings is 1. The number of nitrogens with zero attached hydrogens (tertiary/aromatic N) is 3. The van der Waals surface area contributed by atoms with Crippen LogP contribution in [0.4, 0.5) is 11.5 Å². The van der Waals surface area contributed by atoms with Gasteiger partial charge in [0.15, 0.2) is 0 Å². The van der Waals surface area contributed by atoms with Crippen LogP contribution in [0.1, 0.15) is 12.5 Å². The first-order valence-corrected chi connectivity index (χ1v) is 6.42. The molecule has 1 N–H and O–H groups in total. The quantitative estimate of drug-likeness (QED) is 0.775. The van der Waals surface area contributed by atoms with Crippen LogP contribution < -0.4 is 5.32 Å². The first-order chi connectivity index (χ1) is 9.26. The minimum Gasteiger partial charge on any atom is -0.337 e. The van der Waals surface area contributed by atoms with Crippen LogP contribution >= 0.6 is 0 Å². The topological polar surface area (TPSA) is 42.7 Å². The summed E-state index contributed by atoms with van der Waals surface area (Å²) in [6.45, 7) is 4.99. The maximum Gasteiger partial charge on any atom is 0.134 e. The molecule has 0 saturated carbocycles. The van der Waals surface area contributed by atoms with Crippen molar-refractivity contribution in [3.8, 4) is 0 Å². The second-order valence-electron chi connectivity index (χ2n) is 4.56. The summed E-state index contributed by atoms with van der Waals surface area (Å²) in [5, 5.41) is 8.74. The molecular formula is C15H16N4. The van der Waals surface area contributed by atoms with Gasteiger partial charge in [-0.1, -0.05) is 18.2 Å². The molecule has 1 aromatic carbocycles. The fourth-order valence-corrected chi connectivity index (χ4v) is 2.09. The lowest BCUT2D eigenvalue weighted by Crippen LogP contribution is -1.96. The third kappa shape index (κ3) is 2.29.